The molecule has 0 saturated heterocycles. The van der Waals surface area contributed by atoms with Crippen molar-refractivity contribution in [2.45, 2.75) is 46.1 Å². The normalized spacial score (nSPS) is 25.9. The zero-order chi connectivity index (χ0) is 15.6. The molecule has 4 heteroatoms. The third-order valence-electron chi connectivity index (χ3n) is 4.46. The van der Waals surface area contributed by atoms with Crippen LogP contribution in [0.25, 0.3) is 0 Å². The van der Waals surface area contributed by atoms with E-state index in [9.17, 15) is 0 Å². The van der Waals surface area contributed by atoms with Crippen molar-refractivity contribution in [3.8, 4) is 5.75 Å². The van der Waals surface area contributed by atoms with Gasteiger partial charge in [-0.1, -0.05) is 45.5 Å². The molecule has 21 heavy (non-hydrogen) atoms. The Kier molecular flexibility index (Phi) is 5.67. The van der Waals surface area contributed by atoms with Crippen molar-refractivity contribution >= 4 is 33.1 Å². The van der Waals surface area contributed by atoms with Crippen molar-refractivity contribution in [2.75, 3.05) is 0 Å². The first-order chi connectivity index (χ1) is 9.90. The van der Waals surface area contributed by atoms with Crippen LogP contribution < -0.4 is 10.5 Å². The largest absolute Gasteiger partial charge is 0.489 e. The van der Waals surface area contributed by atoms with Gasteiger partial charge in [0.1, 0.15) is 16.8 Å². The second-order valence-electron chi connectivity index (χ2n) is 6.46. The first-order valence-electron chi connectivity index (χ1n) is 7.65. The van der Waals surface area contributed by atoms with Gasteiger partial charge in [0.25, 0.3) is 0 Å². The van der Waals surface area contributed by atoms with Gasteiger partial charge in [0.2, 0.25) is 0 Å². The van der Waals surface area contributed by atoms with Gasteiger partial charge < -0.3 is 10.5 Å². The third-order valence-corrected chi connectivity index (χ3v) is 5.33. The Morgan fingerprint density at radius 1 is 1.38 bits per heavy atom. The van der Waals surface area contributed by atoms with Crippen LogP contribution in [-0.2, 0) is 0 Å². The molecule has 116 valence electrons. The fourth-order valence-corrected chi connectivity index (χ4v) is 4.16. The molecule has 2 N–H and O–H groups in total. The van der Waals surface area contributed by atoms with Gasteiger partial charge in [-0.2, -0.15) is 0 Å². The molecule has 1 saturated carbocycles. The maximum atomic E-state index is 6.38. The van der Waals surface area contributed by atoms with E-state index in [4.69, 9.17) is 22.7 Å². The highest BCUT2D eigenvalue weighted by Gasteiger charge is 2.32. The zero-order valence-corrected chi connectivity index (χ0v) is 15.3. The number of halogens is 1. The molecule has 1 aromatic rings. The van der Waals surface area contributed by atoms with E-state index in [0.717, 1.165) is 22.2 Å². The first-order valence-corrected chi connectivity index (χ1v) is 8.85. The Balaban J connectivity index is 2.27. The number of benzene rings is 1. The predicted octanol–water partition coefficient (Wildman–Crippen LogP) is 4.92. The molecular weight excluding hydrogens is 346 g/mol. The van der Waals surface area contributed by atoms with Crippen molar-refractivity contribution in [1.82, 2.24) is 0 Å². The average Bonchev–Trinajstić information content (AvgIpc) is 2.37. The van der Waals surface area contributed by atoms with Crippen molar-refractivity contribution in [2.24, 2.45) is 23.5 Å². The second kappa shape index (κ2) is 7.10. The molecule has 1 aromatic carbocycles. The summed E-state index contributed by atoms with van der Waals surface area (Å²) < 4.78 is 7.28. The molecule has 3 atom stereocenters. The summed E-state index contributed by atoms with van der Waals surface area (Å²) in [6, 6.07) is 5.89. The Morgan fingerprint density at radius 2 is 2.10 bits per heavy atom. The van der Waals surface area contributed by atoms with Gasteiger partial charge in [-0.15, -0.1) is 0 Å². The van der Waals surface area contributed by atoms with Crippen LogP contribution in [0.4, 0.5) is 0 Å². The smallest absolute Gasteiger partial charge is 0.131 e. The summed E-state index contributed by atoms with van der Waals surface area (Å²) in [6.07, 6.45) is 3.88. The topological polar surface area (TPSA) is 35.2 Å². The van der Waals surface area contributed by atoms with Crippen molar-refractivity contribution < 1.29 is 4.74 Å². The van der Waals surface area contributed by atoms with Crippen LogP contribution in [0.1, 0.15) is 45.6 Å². The molecule has 0 amide bonds. The predicted molar refractivity (Wildman–Crippen MR) is 95.8 cm³/mol. The number of hydrogen-bond acceptors (Lipinski definition) is 2. The minimum absolute atomic E-state index is 0.246. The van der Waals surface area contributed by atoms with E-state index < -0.39 is 0 Å². The Morgan fingerprint density at radius 3 is 2.71 bits per heavy atom. The number of hydrogen-bond donors (Lipinski definition) is 1. The number of ether oxygens (including phenoxy) is 1. The van der Waals surface area contributed by atoms with Crippen molar-refractivity contribution in [3.05, 3.63) is 28.2 Å². The van der Waals surface area contributed by atoms with Crippen LogP contribution >= 0.6 is 28.1 Å². The fraction of sp³-hybridized carbons (Fsp3) is 0.588. The van der Waals surface area contributed by atoms with Crippen LogP contribution in [0.5, 0.6) is 5.75 Å². The summed E-state index contributed by atoms with van der Waals surface area (Å²) >= 11 is 8.70. The van der Waals surface area contributed by atoms with Crippen LogP contribution in [0.2, 0.25) is 0 Å². The van der Waals surface area contributed by atoms with Crippen LogP contribution in [0, 0.1) is 17.8 Å². The summed E-state index contributed by atoms with van der Waals surface area (Å²) in [5.74, 6) is 2.74. The molecule has 0 radical (unpaired) electrons. The van der Waals surface area contributed by atoms with E-state index in [1.54, 1.807) is 0 Å². The van der Waals surface area contributed by atoms with Crippen LogP contribution in [0.15, 0.2) is 22.7 Å². The summed E-state index contributed by atoms with van der Waals surface area (Å²) in [5, 5.41) is 0. The van der Waals surface area contributed by atoms with Gasteiger partial charge >= 0.3 is 0 Å². The van der Waals surface area contributed by atoms with Crippen molar-refractivity contribution in [1.29, 1.82) is 0 Å². The molecule has 0 aliphatic heterocycles. The second-order valence-corrected chi connectivity index (χ2v) is 7.75. The quantitative estimate of drug-likeness (QED) is 0.764. The molecule has 2 nitrogen and oxygen atoms in total. The van der Waals surface area contributed by atoms with Gasteiger partial charge in [-0.3, -0.25) is 0 Å². The highest BCUT2D eigenvalue weighted by Crippen LogP contribution is 2.37. The lowest BCUT2D eigenvalue weighted by Crippen LogP contribution is -2.36. The SMILES string of the molecule is CC1CCC(C(C)C)C(Oc2cccc(Br)c2C(N)=S)C1. The lowest BCUT2D eigenvalue weighted by molar-refractivity contribution is 0.0458. The molecule has 0 bridgehead atoms. The Hall–Kier alpha value is -0.610. The summed E-state index contributed by atoms with van der Waals surface area (Å²) in [7, 11) is 0. The highest BCUT2D eigenvalue weighted by atomic mass is 79.9. The molecule has 2 rings (SSSR count). The maximum Gasteiger partial charge on any atom is 0.131 e. The minimum atomic E-state index is 0.246. The van der Waals surface area contributed by atoms with Gasteiger partial charge in [-0.25, -0.2) is 0 Å². The number of thiocarbonyl (C=S) groups is 1. The van der Waals surface area contributed by atoms with Gasteiger partial charge in [0.15, 0.2) is 0 Å². The molecular formula is C17H24BrNOS. The maximum absolute atomic E-state index is 6.38. The fourth-order valence-electron chi connectivity index (χ4n) is 3.25. The van der Waals surface area contributed by atoms with E-state index in [0.29, 0.717) is 22.7 Å². The van der Waals surface area contributed by atoms with Crippen molar-refractivity contribution in [3.63, 3.8) is 0 Å². The van der Waals surface area contributed by atoms with Crippen LogP contribution in [0.3, 0.4) is 0 Å². The van der Waals surface area contributed by atoms with E-state index in [1.807, 2.05) is 18.2 Å². The van der Waals surface area contributed by atoms with E-state index in [-0.39, 0.29) is 6.10 Å². The minimum Gasteiger partial charge on any atom is -0.489 e. The average molecular weight is 370 g/mol. The molecule has 1 fully saturated rings. The van der Waals surface area contributed by atoms with E-state index in [1.165, 1.54) is 12.8 Å². The highest BCUT2D eigenvalue weighted by molar-refractivity contribution is 9.10. The number of nitrogens with two attached hydrogens (primary N) is 1. The Bertz CT molecular complexity index is 518. The molecule has 0 heterocycles. The molecule has 0 spiro atoms. The molecule has 1 aliphatic rings. The zero-order valence-electron chi connectivity index (χ0n) is 12.9. The van der Waals surface area contributed by atoms with E-state index >= 15 is 0 Å². The van der Waals surface area contributed by atoms with Gasteiger partial charge in [0, 0.05) is 4.47 Å². The third kappa shape index (κ3) is 3.98. The molecule has 0 aromatic heterocycles. The first kappa shape index (κ1) is 16.8. The summed E-state index contributed by atoms with van der Waals surface area (Å²) in [6.45, 7) is 6.88. The van der Waals surface area contributed by atoms with Crippen LogP contribution in [-0.4, -0.2) is 11.1 Å². The van der Waals surface area contributed by atoms with Gasteiger partial charge in [-0.05, 0) is 58.7 Å². The summed E-state index contributed by atoms with van der Waals surface area (Å²) in [5.41, 5.74) is 6.68. The Labute approximate surface area is 141 Å². The number of rotatable bonds is 4. The standard InChI is InChI=1S/C17H24BrNOS/c1-10(2)12-8-7-11(3)9-15(12)20-14-6-4-5-13(18)16(14)17(19)21/h4-6,10-12,15H,7-9H2,1-3H3,(H2,19,21). The lowest BCUT2D eigenvalue weighted by Gasteiger charge is -2.37. The summed E-state index contributed by atoms with van der Waals surface area (Å²) in [4.78, 5) is 0.377. The van der Waals surface area contributed by atoms with Gasteiger partial charge in [0.05, 0.1) is 5.56 Å². The monoisotopic (exact) mass is 369 g/mol. The molecule has 1 aliphatic carbocycles. The van der Waals surface area contributed by atoms with E-state index in [2.05, 4.69) is 36.7 Å². The lowest BCUT2D eigenvalue weighted by atomic mass is 9.75. The molecule has 3 unspecified atom stereocenters.